The molecule has 2 aliphatic rings. The molecule has 0 heterocycles. The summed E-state index contributed by atoms with van der Waals surface area (Å²) in [7, 11) is 0. The second-order valence-electron chi connectivity index (χ2n) is 5.24. The van der Waals surface area contributed by atoms with E-state index in [4.69, 9.17) is 5.73 Å². The van der Waals surface area contributed by atoms with Gasteiger partial charge >= 0.3 is 0 Å². The van der Waals surface area contributed by atoms with Crippen LogP contribution in [0.2, 0.25) is 0 Å². The Morgan fingerprint density at radius 3 is 2.25 bits per heavy atom. The summed E-state index contributed by atoms with van der Waals surface area (Å²) in [5.41, 5.74) is 8.19. The summed E-state index contributed by atoms with van der Waals surface area (Å²) in [6.45, 7) is 11.1. The normalized spacial score (nSPS) is 50.2. The third-order valence-corrected chi connectivity index (χ3v) is 4.82. The van der Waals surface area contributed by atoms with Gasteiger partial charge in [-0.3, -0.25) is 0 Å². The quantitative estimate of drug-likeness (QED) is 0.548. The maximum atomic E-state index is 6.22. The molecule has 1 unspecified atom stereocenters. The van der Waals surface area contributed by atoms with Gasteiger partial charge in [0.25, 0.3) is 0 Å². The SMILES string of the molecule is C=C1[C@@H]2CC[C@@](C)(C2N)C1(C)C. The molecule has 0 aliphatic heterocycles. The minimum Gasteiger partial charge on any atom is -0.327 e. The summed E-state index contributed by atoms with van der Waals surface area (Å²) in [4.78, 5) is 0. The zero-order valence-electron chi connectivity index (χ0n) is 8.35. The standard InChI is InChI=1S/C11H19N/c1-7-8-5-6-11(4,9(8)12)10(7,2)3/h8-9H,1,5-6,12H2,2-4H3/t8-,9?,11-/m0/s1. The Hall–Kier alpha value is -0.300. The maximum absolute atomic E-state index is 6.22. The van der Waals surface area contributed by atoms with Gasteiger partial charge in [0.1, 0.15) is 0 Å². The van der Waals surface area contributed by atoms with Crippen LogP contribution in [-0.4, -0.2) is 6.04 Å². The summed E-state index contributed by atoms with van der Waals surface area (Å²) >= 11 is 0. The first-order chi connectivity index (χ1) is 5.41. The molecule has 0 spiro atoms. The van der Waals surface area contributed by atoms with Crippen LogP contribution in [0, 0.1) is 16.7 Å². The summed E-state index contributed by atoms with van der Waals surface area (Å²) in [6, 6.07) is 0.361. The molecule has 2 saturated carbocycles. The van der Waals surface area contributed by atoms with Gasteiger partial charge in [0.2, 0.25) is 0 Å². The first-order valence-electron chi connectivity index (χ1n) is 4.86. The van der Waals surface area contributed by atoms with Crippen LogP contribution in [0.1, 0.15) is 33.6 Å². The van der Waals surface area contributed by atoms with E-state index >= 15 is 0 Å². The molecule has 0 aromatic rings. The molecular formula is C11H19N. The van der Waals surface area contributed by atoms with Gasteiger partial charge < -0.3 is 5.73 Å². The predicted molar refractivity (Wildman–Crippen MR) is 51.7 cm³/mol. The van der Waals surface area contributed by atoms with E-state index in [1.165, 1.54) is 18.4 Å². The Morgan fingerprint density at radius 2 is 2.00 bits per heavy atom. The Balaban J connectivity index is 2.50. The van der Waals surface area contributed by atoms with Crippen LogP contribution in [0.25, 0.3) is 0 Å². The van der Waals surface area contributed by atoms with Crippen LogP contribution in [-0.2, 0) is 0 Å². The molecule has 3 atom stereocenters. The number of nitrogens with two attached hydrogens (primary N) is 1. The summed E-state index contributed by atoms with van der Waals surface area (Å²) in [5.74, 6) is 0.602. The van der Waals surface area contributed by atoms with Crippen molar-refractivity contribution in [3.05, 3.63) is 12.2 Å². The van der Waals surface area contributed by atoms with Crippen molar-refractivity contribution in [2.24, 2.45) is 22.5 Å². The predicted octanol–water partition coefficient (Wildman–Crippen LogP) is 2.33. The molecule has 0 saturated heterocycles. The van der Waals surface area contributed by atoms with E-state index < -0.39 is 0 Å². The number of fused-ring (bicyclic) bond motifs is 2. The minimum absolute atomic E-state index is 0.259. The van der Waals surface area contributed by atoms with E-state index in [9.17, 15) is 0 Å². The van der Waals surface area contributed by atoms with Crippen molar-refractivity contribution in [1.82, 2.24) is 0 Å². The molecule has 0 amide bonds. The molecule has 1 nitrogen and oxygen atoms in total. The molecule has 0 radical (unpaired) electrons. The molecular weight excluding hydrogens is 146 g/mol. The van der Waals surface area contributed by atoms with Crippen molar-refractivity contribution in [2.45, 2.75) is 39.7 Å². The van der Waals surface area contributed by atoms with E-state index in [1.807, 2.05) is 0 Å². The highest BCUT2D eigenvalue weighted by Crippen LogP contribution is 2.65. The van der Waals surface area contributed by atoms with Gasteiger partial charge in [-0.1, -0.05) is 32.9 Å². The number of hydrogen-bond acceptors (Lipinski definition) is 1. The van der Waals surface area contributed by atoms with Crippen molar-refractivity contribution in [3.63, 3.8) is 0 Å². The molecule has 12 heavy (non-hydrogen) atoms. The first-order valence-corrected chi connectivity index (χ1v) is 4.86. The van der Waals surface area contributed by atoms with Gasteiger partial charge in [0, 0.05) is 6.04 Å². The van der Waals surface area contributed by atoms with Gasteiger partial charge in [0.05, 0.1) is 0 Å². The van der Waals surface area contributed by atoms with Crippen LogP contribution in [0.4, 0.5) is 0 Å². The molecule has 2 aliphatic carbocycles. The van der Waals surface area contributed by atoms with Gasteiger partial charge in [-0.05, 0) is 29.6 Å². The second-order valence-corrected chi connectivity index (χ2v) is 5.24. The third kappa shape index (κ3) is 0.610. The van der Waals surface area contributed by atoms with E-state index in [0.29, 0.717) is 17.4 Å². The molecule has 0 aromatic heterocycles. The van der Waals surface area contributed by atoms with Gasteiger partial charge in [-0.2, -0.15) is 0 Å². The Kier molecular flexibility index (Phi) is 1.35. The van der Waals surface area contributed by atoms with E-state index in [0.717, 1.165) is 0 Å². The topological polar surface area (TPSA) is 26.0 Å². The first kappa shape index (κ1) is 8.31. The summed E-state index contributed by atoms with van der Waals surface area (Å²) in [5, 5.41) is 0. The molecule has 1 heteroatoms. The Morgan fingerprint density at radius 1 is 1.42 bits per heavy atom. The molecule has 0 aromatic carbocycles. The van der Waals surface area contributed by atoms with Crippen molar-refractivity contribution in [1.29, 1.82) is 0 Å². The molecule has 68 valence electrons. The largest absolute Gasteiger partial charge is 0.327 e. The minimum atomic E-state index is 0.259. The Bertz CT molecular complexity index is 241. The fourth-order valence-corrected chi connectivity index (χ4v) is 3.20. The second kappa shape index (κ2) is 1.95. The lowest BCUT2D eigenvalue weighted by molar-refractivity contribution is 0.142. The average Bonchev–Trinajstić information content (AvgIpc) is 2.33. The zero-order chi connectivity index (χ0) is 9.15. The number of rotatable bonds is 0. The lowest BCUT2D eigenvalue weighted by Gasteiger charge is -2.41. The van der Waals surface area contributed by atoms with Crippen molar-refractivity contribution >= 4 is 0 Å². The monoisotopic (exact) mass is 165 g/mol. The fourth-order valence-electron chi connectivity index (χ4n) is 3.20. The van der Waals surface area contributed by atoms with E-state index in [1.54, 1.807) is 0 Å². The lowest BCUT2D eigenvalue weighted by atomic mass is 9.64. The van der Waals surface area contributed by atoms with E-state index in [2.05, 4.69) is 27.4 Å². The fraction of sp³-hybridized carbons (Fsp3) is 0.818. The van der Waals surface area contributed by atoms with Gasteiger partial charge in [-0.15, -0.1) is 0 Å². The highest BCUT2D eigenvalue weighted by Gasteiger charge is 2.61. The maximum Gasteiger partial charge on any atom is 0.0167 e. The molecule has 2 fully saturated rings. The summed E-state index contributed by atoms with van der Waals surface area (Å²) < 4.78 is 0. The van der Waals surface area contributed by atoms with Crippen LogP contribution in [0.3, 0.4) is 0 Å². The Labute approximate surface area is 75.0 Å². The third-order valence-electron chi connectivity index (χ3n) is 4.82. The summed E-state index contributed by atoms with van der Waals surface area (Å²) in [6.07, 6.45) is 2.55. The smallest absolute Gasteiger partial charge is 0.0167 e. The van der Waals surface area contributed by atoms with Gasteiger partial charge in [-0.25, -0.2) is 0 Å². The van der Waals surface area contributed by atoms with Crippen molar-refractivity contribution in [2.75, 3.05) is 0 Å². The lowest BCUT2D eigenvalue weighted by Crippen LogP contribution is -2.40. The van der Waals surface area contributed by atoms with E-state index in [-0.39, 0.29) is 5.41 Å². The molecule has 2 N–H and O–H groups in total. The average molecular weight is 165 g/mol. The van der Waals surface area contributed by atoms with Crippen LogP contribution >= 0.6 is 0 Å². The highest BCUT2D eigenvalue weighted by atomic mass is 14.8. The van der Waals surface area contributed by atoms with Crippen LogP contribution in [0.15, 0.2) is 12.2 Å². The van der Waals surface area contributed by atoms with Crippen molar-refractivity contribution in [3.8, 4) is 0 Å². The van der Waals surface area contributed by atoms with Crippen LogP contribution < -0.4 is 5.73 Å². The number of hydrogen-bond donors (Lipinski definition) is 1. The highest BCUT2D eigenvalue weighted by molar-refractivity contribution is 5.31. The zero-order valence-corrected chi connectivity index (χ0v) is 8.35. The van der Waals surface area contributed by atoms with Gasteiger partial charge in [0.15, 0.2) is 0 Å². The molecule has 2 bridgehead atoms. The van der Waals surface area contributed by atoms with Crippen LogP contribution in [0.5, 0.6) is 0 Å². The van der Waals surface area contributed by atoms with Crippen molar-refractivity contribution < 1.29 is 0 Å². The molecule has 2 rings (SSSR count).